The molecule has 1 aromatic carbocycles. The van der Waals surface area contributed by atoms with Crippen LogP contribution in [0.3, 0.4) is 0 Å². The molecule has 0 spiro atoms. The van der Waals surface area contributed by atoms with E-state index in [-0.39, 0.29) is 0 Å². The van der Waals surface area contributed by atoms with Crippen molar-refractivity contribution in [2.45, 2.75) is 6.54 Å². The Morgan fingerprint density at radius 3 is 2.62 bits per heavy atom. The number of tetrazole rings is 1. The van der Waals surface area contributed by atoms with Gasteiger partial charge in [-0.3, -0.25) is 0 Å². The summed E-state index contributed by atoms with van der Waals surface area (Å²) < 4.78 is 9.08. The molecule has 0 amide bonds. The molecule has 1 heterocycles. The van der Waals surface area contributed by atoms with Gasteiger partial charge < -0.3 is 4.74 Å². The third kappa shape index (κ3) is 2.79. The van der Waals surface area contributed by atoms with Crippen LogP contribution in [0.1, 0.15) is 0 Å². The number of ether oxygens (including phenoxy) is 1. The largest absolute Gasteiger partial charge is 0.489 e. The molecule has 0 N–H and O–H groups in total. The second kappa shape index (κ2) is 5.40. The van der Waals surface area contributed by atoms with Gasteiger partial charge in [-0.2, -0.15) is 0 Å². The molecule has 1 aromatic heterocycles. The molecule has 2 aromatic rings. The van der Waals surface area contributed by atoms with Crippen molar-refractivity contribution in [1.82, 2.24) is 20.2 Å². The number of para-hydroxylation sites is 1. The van der Waals surface area contributed by atoms with Crippen LogP contribution in [0.5, 0.6) is 5.75 Å². The molecule has 84 valence electrons. The van der Waals surface area contributed by atoms with Crippen molar-refractivity contribution in [3.8, 4) is 5.75 Å². The fourth-order valence-electron chi connectivity index (χ4n) is 1.14. The monoisotopic (exact) mass is 346 g/mol. The maximum absolute atomic E-state index is 5.63. The van der Waals surface area contributed by atoms with Crippen molar-refractivity contribution in [3.63, 3.8) is 0 Å². The van der Waals surface area contributed by atoms with Crippen LogP contribution in [-0.4, -0.2) is 26.8 Å². The predicted octanol–water partition coefficient (Wildman–Crippen LogP) is 2.28. The minimum atomic E-state index is 0.506. The van der Waals surface area contributed by atoms with Gasteiger partial charge in [0.1, 0.15) is 18.7 Å². The second-order valence-corrected chi connectivity index (χ2v) is 4.68. The van der Waals surface area contributed by atoms with Gasteiger partial charge in [-0.1, -0.05) is 6.07 Å². The Labute approximate surface area is 109 Å². The van der Waals surface area contributed by atoms with Crippen molar-refractivity contribution in [2.24, 2.45) is 0 Å². The zero-order valence-corrected chi connectivity index (χ0v) is 11.3. The lowest BCUT2D eigenvalue weighted by Crippen LogP contribution is -2.09. The van der Waals surface area contributed by atoms with Crippen LogP contribution in [0.4, 0.5) is 0 Å². The van der Waals surface area contributed by atoms with Crippen LogP contribution in [0.2, 0.25) is 0 Å². The Morgan fingerprint density at radius 2 is 2.00 bits per heavy atom. The molecular weight excluding hydrogens is 340 g/mol. The van der Waals surface area contributed by atoms with Crippen molar-refractivity contribution >= 4 is 31.9 Å². The molecule has 0 atom stereocenters. The van der Waals surface area contributed by atoms with Gasteiger partial charge in [0.2, 0.25) is 0 Å². The third-order valence-electron chi connectivity index (χ3n) is 1.88. The van der Waals surface area contributed by atoms with E-state index < -0.39 is 0 Å². The first-order valence-electron chi connectivity index (χ1n) is 4.55. The highest BCUT2D eigenvalue weighted by Gasteiger charge is 2.05. The molecule has 0 saturated heterocycles. The van der Waals surface area contributed by atoms with Crippen LogP contribution < -0.4 is 4.74 Å². The van der Waals surface area contributed by atoms with Crippen molar-refractivity contribution in [1.29, 1.82) is 0 Å². The maximum atomic E-state index is 5.63. The molecule has 0 saturated carbocycles. The number of halogens is 2. The molecule has 0 fully saturated rings. The van der Waals surface area contributed by atoms with Crippen LogP contribution in [0.15, 0.2) is 33.5 Å². The van der Waals surface area contributed by atoms with Gasteiger partial charge in [0.05, 0.1) is 15.5 Å². The molecule has 0 aliphatic heterocycles. The maximum Gasteiger partial charge on any atom is 0.147 e. The van der Waals surface area contributed by atoms with E-state index in [1.165, 1.54) is 0 Å². The number of benzene rings is 1. The van der Waals surface area contributed by atoms with E-state index in [4.69, 9.17) is 4.74 Å². The Kier molecular flexibility index (Phi) is 3.89. The van der Waals surface area contributed by atoms with Gasteiger partial charge in [0.25, 0.3) is 0 Å². The third-order valence-corrected chi connectivity index (χ3v) is 3.13. The summed E-state index contributed by atoms with van der Waals surface area (Å²) in [5, 5.41) is 10.8. The van der Waals surface area contributed by atoms with Gasteiger partial charge in [-0.15, -0.1) is 5.10 Å². The SMILES string of the molecule is Brc1cccc(Br)c1OCCn1cnnn1. The van der Waals surface area contributed by atoms with Gasteiger partial charge in [-0.25, -0.2) is 4.68 Å². The Hall–Kier alpha value is -0.950. The molecule has 0 bridgehead atoms. The second-order valence-electron chi connectivity index (χ2n) is 2.97. The lowest BCUT2D eigenvalue weighted by molar-refractivity contribution is 0.286. The van der Waals surface area contributed by atoms with Crippen molar-refractivity contribution in [2.75, 3.05) is 6.61 Å². The Morgan fingerprint density at radius 1 is 1.25 bits per heavy atom. The molecule has 0 unspecified atom stereocenters. The van der Waals surface area contributed by atoms with Gasteiger partial charge >= 0.3 is 0 Å². The molecule has 7 heteroatoms. The summed E-state index contributed by atoms with van der Waals surface area (Å²) in [6.07, 6.45) is 1.55. The van der Waals surface area contributed by atoms with E-state index in [1.807, 2.05) is 18.2 Å². The minimum absolute atomic E-state index is 0.506. The van der Waals surface area contributed by atoms with E-state index in [0.717, 1.165) is 14.7 Å². The standard InChI is InChI=1S/C9H8Br2N4O/c10-7-2-1-3-8(11)9(7)16-5-4-15-6-12-13-14-15/h1-3,6H,4-5H2. The summed E-state index contributed by atoms with van der Waals surface area (Å²) in [6, 6.07) is 5.79. The van der Waals surface area contributed by atoms with Gasteiger partial charge in [0.15, 0.2) is 0 Å². The van der Waals surface area contributed by atoms with Crippen LogP contribution >= 0.6 is 31.9 Å². The van der Waals surface area contributed by atoms with E-state index in [2.05, 4.69) is 47.4 Å². The first kappa shape index (κ1) is 11.5. The smallest absolute Gasteiger partial charge is 0.147 e. The minimum Gasteiger partial charge on any atom is -0.489 e. The number of rotatable bonds is 4. The number of hydrogen-bond donors (Lipinski definition) is 0. The van der Waals surface area contributed by atoms with Crippen molar-refractivity contribution in [3.05, 3.63) is 33.5 Å². The van der Waals surface area contributed by atoms with Crippen LogP contribution in [-0.2, 0) is 6.54 Å². The lowest BCUT2D eigenvalue weighted by atomic mass is 10.3. The summed E-state index contributed by atoms with van der Waals surface area (Å²) in [6.45, 7) is 1.12. The lowest BCUT2D eigenvalue weighted by Gasteiger charge is -2.09. The van der Waals surface area contributed by atoms with Crippen molar-refractivity contribution < 1.29 is 4.74 Å². The molecule has 5 nitrogen and oxygen atoms in total. The highest BCUT2D eigenvalue weighted by molar-refractivity contribution is 9.11. The quantitative estimate of drug-likeness (QED) is 0.851. The summed E-state index contributed by atoms with van der Waals surface area (Å²) in [4.78, 5) is 0. The van der Waals surface area contributed by atoms with E-state index in [1.54, 1.807) is 11.0 Å². The van der Waals surface area contributed by atoms with E-state index in [9.17, 15) is 0 Å². The normalized spacial score (nSPS) is 10.4. The fraction of sp³-hybridized carbons (Fsp3) is 0.222. The zero-order chi connectivity index (χ0) is 11.4. The fourth-order valence-corrected chi connectivity index (χ4v) is 2.37. The molecule has 0 aliphatic carbocycles. The zero-order valence-electron chi connectivity index (χ0n) is 8.18. The molecule has 0 radical (unpaired) electrons. The molecule has 16 heavy (non-hydrogen) atoms. The van der Waals surface area contributed by atoms with Gasteiger partial charge in [-0.05, 0) is 54.4 Å². The Balaban J connectivity index is 1.95. The summed E-state index contributed by atoms with van der Waals surface area (Å²) in [5.41, 5.74) is 0. The van der Waals surface area contributed by atoms with E-state index >= 15 is 0 Å². The molecule has 2 rings (SSSR count). The average Bonchev–Trinajstić information content (AvgIpc) is 2.75. The number of nitrogens with zero attached hydrogens (tertiary/aromatic N) is 4. The summed E-state index contributed by atoms with van der Waals surface area (Å²) in [7, 11) is 0. The topological polar surface area (TPSA) is 52.8 Å². The highest BCUT2D eigenvalue weighted by Crippen LogP contribution is 2.32. The van der Waals surface area contributed by atoms with Gasteiger partial charge in [0, 0.05) is 0 Å². The highest BCUT2D eigenvalue weighted by atomic mass is 79.9. The molecule has 0 aliphatic rings. The first-order chi connectivity index (χ1) is 7.77. The first-order valence-corrected chi connectivity index (χ1v) is 6.13. The molecular formula is C9H8Br2N4O. The average molecular weight is 348 g/mol. The predicted molar refractivity (Wildman–Crippen MR) is 65.2 cm³/mol. The summed E-state index contributed by atoms with van der Waals surface area (Å²) >= 11 is 6.85. The van der Waals surface area contributed by atoms with Crippen LogP contribution in [0.25, 0.3) is 0 Å². The van der Waals surface area contributed by atoms with E-state index in [0.29, 0.717) is 13.2 Å². The Bertz CT molecular complexity index is 440. The number of aromatic nitrogens is 4. The number of hydrogen-bond acceptors (Lipinski definition) is 4. The van der Waals surface area contributed by atoms with Crippen LogP contribution in [0, 0.1) is 0 Å². The summed E-state index contributed by atoms with van der Waals surface area (Å²) in [5.74, 6) is 0.788.